The van der Waals surface area contributed by atoms with Gasteiger partial charge in [0, 0.05) is 33.7 Å². The number of nitrogens with zero attached hydrogens (tertiary/aromatic N) is 3. The molecule has 1 N–H and O–H groups in total. The lowest BCUT2D eigenvalue weighted by atomic mass is 10.1. The van der Waals surface area contributed by atoms with Gasteiger partial charge in [0.1, 0.15) is 0 Å². The summed E-state index contributed by atoms with van der Waals surface area (Å²) in [7, 11) is 0. The van der Waals surface area contributed by atoms with E-state index >= 15 is 0 Å². The monoisotopic (exact) mass is 456 g/mol. The molecule has 30 heavy (non-hydrogen) atoms. The number of amides is 1. The van der Waals surface area contributed by atoms with Crippen LogP contribution in [-0.4, -0.2) is 16.7 Å². The number of hydrazone groups is 1. The number of rotatable bonds is 5. The van der Waals surface area contributed by atoms with Crippen molar-refractivity contribution in [3.8, 4) is 6.07 Å². The van der Waals surface area contributed by atoms with E-state index < -0.39 is 0 Å². The molecule has 0 aliphatic carbocycles. The fourth-order valence-corrected chi connectivity index (χ4v) is 3.79. The first-order valence-corrected chi connectivity index (χ1v) is 10.1. The lowest BCUT2D eigenvalue weighted by Crippen LogP contribution is -2.18. The Labute approximate surface area is 182 Å². The Morgan fingerprint density at radius 3 is 2.63 bits per heavy atom. The summed E-state index contributed by atoms with van der Waals surface area (Å²) >= 11 is 3.37. The first kappa shape index (κ1) is 19.6. The van der Waals surface area contributed by atoms with Crippen LogP contribution >= 0.6 is 15.9 Å². The first-order valence-electron chi connectivity index (χ1n) is 9.31. The minimum atomic E-state index is -0.287. The number of nitrogens with one attached hydrogen (secondary N) is 1. The number of carbonyl (C=O) groups is 1. The van der Waals surface area contributed by atoms with E-state index in [4.69, 9.17) is 0 Å². The Bertz CT molecular complexity index is 1300. The molecule has 1 amide bonds. The molecule has 0 unspecified atom stereocenters. The van der Waals surface area contributed by atoms with Crippen LogP contribution in [0.2, 0.25) is 0 Å². The van der Waals surface area contributed by atoms with Gasteiger partial charge in [0.05, 0.1) is 23.4 Å². The molecule has 0 bridgehead atoms. The Kier molecular flexibility index (Phi) is 5.73. The average molecular weight is 457 g/mol. The Balaban J connectivity index is 1.61. The van der Waals surface area contributed by atoms with Crippen LogP contribution in [0.25, 0.3) is 10.9 Å². The lowest BCUT2D eigenvalue weighted by Gasteiger charge is -2.07. The van der Waals surface area contributed by atoms with Gasteiger partial charge in [-0.15, -0.1) is 0 Å². The molecular weight excluding hydrogens is 440 g/mol. The molecule has 0 saturated heterocycles. The third-order valence-corrected chi connectivity index (χ3v) is 5.48. The predicted octanol–water partition coefficient (Wildman–Crippen LogP) is 5.09. The second kappa shape index (κ2) is 8.76. The van der Waals surface area contributed by atoms with Crippen LogP contribution in [0.15, 0.2) is 88.6 Å². The molecule has 0 radical (unpaired) electrons. The molecule has 1 aromatic heterocycles. The van der Waals surface area contributed by atoms with Crippen molar-refractivity contribution in [1.82, 2.24) is 9.99 Å². The number of halogens is 1. The summed E-state index contributed by atoms with van der Waals surface area (Å²) in [5.41, 5.74) is 6.62. The Morgan fingerprint density at radius 1 is 1.07 bits per heavy atom. The van der Waals surface area contributed by atoms with E-state index in [1.165, 1.54) is 0 Å². The van der Waals surface area contributed by atoms with Crippen LogP contribution in [-0.2, 0) is 6.54 Å². The van der Waals surface area contributed by atoms with Crippen molar-refractivity contribution in [2.75, 3.05) is 0 Å². The summed E-state index contributed by atoms with van der Waals surface area (Å²) in [5, 5.41) is 14.5. The van der Waals surface area contributed by atoms with Crippen molar-refractivity contribution in [3.05, 3.63) is 106 Å². The fraction of sp³-hybridized carbons (Fsp3) is 0.0417. The third kappa shape index (κ3) is 4.02. The van der Waals surface area contributed by atoms with Crippen molar-refractivity contribution < 1.29 is 4.79 Å². The number of fused-ring (bicyclic) bond motifs is 1. The highest BCUT2D eigenvalue weighted by atomic mass is 79.9. The topological polar surface area (TPSA) is 70.2 Å². The normalized spacial score (nSPS) is 10.9. The maximum atomic E-state index is 12.3. The van der Waals surface area contributed by atoms with Gasteiger partial charge in [-0.1, -0.05) is 48.5 Å². The fourth-order valence-electron chi connectivity index (χ4n) is 3.33. The van der Waals surface area contributed by atoms with E-state index in [1.54, 1.807) is 18.3 Å². The second-order valence-corrected chi connectivity index (χ2v) is 7.53. The summed E-state index contributed by atoms with van der Waals surface area (Å²) in [4.78, 5) is 12.3. The van der Waals surface area contributed by atoms with Gasteiger partial charge in [0.25, 0.3) is 5.91 Å². The molecule has 6 heteroatoms. The van der Waals surface area contributed by atoms with Gasteiger partial charge in [-0.2, -0.15) is 10.4 Å². The van der Waals surface area contributed by atoms with Crippen molar-refractivity contribution in [2.45, 2.75) is 6.54 Å². The number of benzene rings is 3. The molecule has 0 fully saturated rings. The van der Waals surface area contributed by atoms with Gasteiger partial charge in [-0.05, 0) is 45.8 Å². The van der Waals surface area contributed by atoms with Gasteiger partial charge in [0.2, 0.25) is 0 Å². The van der Waals surface area contributed by atoms with Gasteiger partial charge in [0.15, 0.2) is 0 Å². The van der Waals surface area contributed by atoms with E-state index in [9.17, 15) is 10.1 Å². The number of hydrogen-bond donors (Lipinski definition) is 1. The molecule has 0 aliphatic rings. The molecule has 0 aliphatic heterocycles. The number of nitriles is 1. The zero-order chi connectivity index (χ0) is 20.9. The predicted molar refractivity (Wildman–Crippen MR) is 121 cm³/mol. The van der Waals surface area contributed by atoms with Crippen molar-refractivity contribution in [3.63, 3.8) is 0 Å². The maximum absolute atomic E-state index is 12.3. The molecule has 1 heterocycles. The van der Waals surface area contributed by atoms with Crippen molar-refractivity contribution in [1.29, 1.82) is 5.26 Å². The van der Waals surface area contributed by atoms with Gasteiger partial charge in [-0.25, -0.2) is 5.43 Å². The summed E-state index contributed by atoms with van der Waals surface area (Å²) in [5.74, 6) is -0.287. The average Bonchev–Trinajstić information content (AvgIpc) is 3.12. The molecular formula is C24H17BrN4O. The highest BCUT2D eigenvalue weighted by Crippen LogP contribution is 2.22. The molecule has 0 saturated carbocycles. The van der Waals surface area contributed by atoms with E-state index in [0.717, 1.165) is 22.0 Å². The molecule has 5 nitrogen and oxygen atoms in total. The highest BCUT2D eigenvalue weighted by Gasteiger charge is 2.10. The van der Waals surface area contributed by atoms with Gasteiger partial charge >= 0.3 is 0 Å². The van der Waals surface area contributed by atoms with E-state index in [-0.39, 0.29) is 5.91 Å². The number of para-hydroxylation sites is 1. The Morgan fingerprint density at radius 2 is 1.80 bits per heavy atom. The summed E-state index contributed by atoms with van der Waals surface area (Å²) in [6, 6.07) is 25.0. The summed E-state index contributed by atoms with van der Waals surface area (Å²) < 4.78 is 2.80. The molecule has 4 rings (SSSR count). The van der Waals surface area contributed by atoms with E-state index in [1.807, 2.05) is 66.9 Å². The Hall–Kier alpha value is -3.69. The quantitative estimate of drug-likeness (QED) is 0.335. The van der Waals surface area contributed by atoms with Crippen LogP contribution < -0.4 is 5.43 Å². The van der Waals surface area contributed by atoms with Gasteiger partial charge < -0.3 is 4.57 Å². The summed E-state index contributed by atoms with van der Waals surface area (Å²) in [6.07, 6.45) is 3.62. The smallest absolute Gasteiger partial charge is 0.272 e. The van der Waals surface area contributed by atoms with Crippen LogP contribution in [0.3, 0.4) is 0 Å². The molecule has 3 aromatic carbocycles. The van der Waals surface area contributed by atoms with Gasteiger partial charge in [-0.3, -0.25) is 4.79 Å². The number of aromatic nitrogens is 1. The van der Waals surface area contributed by atoms with Crippen molar-refractivity contribution >= 4 is 39.0 Å². The molecule has 0 atom stereocenters. The summed E-state index contributed by atoms with van der Waals surface area (Å²) in [6.45, 7) is 0.571. The second-order valence-electron chi connectivity index (χ2n) is 6.68. The SMILES string of the molecule is N#Cc1ccccc1Cn1cc(/C=N/NC(=O)c2ccccc2Br)c2ccccc21. The zero-order valence-corrected chi connectivity index (χ0v) is 17.5. The largest absolute Gasteiger partial charge is 0.342 e. The third-order valence-electron chi connectivity index (χ3n) is 4.79. The van der Waals surface area contributed by atoms with E-state index in [2.05, 4.69) is 37.1 Å². The zero-order valence-electron chi connectivity index (χ0n) is 15.9. The number of hydrogen-bond acceptors (Lipinski definition) is 3. The minimum absolute atomic E-state index is 0.287. The van der Waals surface area contributed by atoms with Crippen LogP contribution in [0.1, 0.15) is 27.0 Å². The lowest BCUT2D eigenvalue weighted by molar-refractivity contribution is 0.0954. The first-order chi connectivity index (χ1) is 14.7. The molecule has 146 valence electrons. The van der Waals surface area contributed by atoms with Crippen molar-refractivity contribution in [2.24, 2.45) is 5.10 Å². The standard InChI is InChI=1S/C24H17BrN4O/c25-22-11-5-3-10-21(22)24(30)28-27-14-19-16-29(23-12-6-4-9-20(19)23)15-18-8-2-1-7-17(18)13-26/h1-12,14,16H,15H2,(H,28,30)/b27-14+. The minimum Gasteiger partial charge on any atom is -0.342 e. The van der Waals surface area contributed by atoms with Crippen LogP contribution in [0.4, 0.5) is 0 Å². The molecule has 4 aromatic rings. The highest BCUT2D eigenvalue weighted by molar-refractivity contribution is 9.10. The number of carbonyl (C=O) groups excluding carboxylic acids is 1. The molecule has 0 spiro atoms. The maximum Gasteiger partial charge on any atom is 0.272 e. The van der Waals surface area contributed by atoms with E-state index in [0.29, 0.717) is 22.1 Å². The van der Waals surface area contributed by atoms with Crippen LogP contribution in [0.5, 0.6) is 0 Å². The van der Waals surface area contributed by atoms with Crippen LogP contribution in [0, 0.1) is 11.3 Å².